The van der Waals surface area contributed by atoms with Gasteiger partial charge in [0, 0.05) is 5.69 Å². The quantitative estimate of drug-likeness (QED) is 0.780. The number of anilines is 1. The minimum atomic E-state index is -0.119. The van der Waals surface area contributed by atoms with Crippen LogP contribution >= 0.6 is 11.8 Å². The van der Waals surface area contributed by atoms with Crippen LogP contribution in [-0.2, 0) is 22.6 Å². The Morgan fingerprint density at radius 2 is 1.83 bits per heavy atom. The highest BCUT2D eigenvalue weighted by Gasteiger charge is 2.06. The molecule has 0 aliphatic carbocycles. The van der Waals surface area contributed by atoms with Gasteiger partial charge in [0.1, 0.15) is 5.76 Å². The summed E-state index contributed by atoms with van der Waals surface area (Å²) < 4.78 is 5.12. The number of carbonyl (C=O) groups excluding carboxylic acids is 2. The Kier molecular flexibility index (Phi) is 6.75. The van der Waals surface area contributed by atoms with E-state index in [2.05, 4.69) is 17.6 Å². The molecule has 0 aliphatic heterocycles. The van der Waals surface area contributed by atoms with Crippen LogP contribution < -0.4 is 10.6 Å². The number of carbonyl (C=O) groups is 2. The zero-order chi connectivity index (χ0) is 16.5. The van der Waals surface area contributed by atoms with Gasteiger partial charge < -0.3 is 15.1 Å². The summed E-state index contributed by atoms with van der Waals surface area (Å²) in [4.78, 5) is 23.5. The Labute approximate surface area is 139 Å². The topological polar surface area (TPSA) is 71.3 Å². The lowest BCUT2D eigenvalue weighted by molar-refractivity contribution is -0.118. The molecule has 1 aromatic heterocycles. The highest BCUT2D eigenvalue weighted by Crippen LogP contribution is 2.11. The first-order valence-electron chi connectivity index (χ1n) is 7.43. The molecule has 2 aromatic rings. The van der Waals surface area contributed by atoms with Crippen molar-refractivity contribution in [3.63, 3.8) is 0 Å². The van der Waals surface area contributed by atoms with E-state index >= 15 is 0 Å². The number of aryl methyl sites for hydroxylation is 1. The molecule has 6 heteroatoms. The fourth-order valence-electron chi connectivity index (χ4n) is 1.91. The van der Waals surface area contributed by atoms with Crippen LogP contribution in [0.1, 0.15) is 18.2 Å². The first-order chi connectivity index (χ1) is 11.2. The highest BCUT2D eigenvalue weighted by atomic mass is 32.2. The first kappa shape index (κ1) is 17.1. The molecule has 122 valence electrons. The van der Waals surface area contributed by atoms with Crippen LogP contribution in [0.3, 0.4) is 0 Å². The zero-order valence-electron chi connectivity index (χ0n) is 13.0. The lowest BCUT2D eigenvalue weighted by Gasteiger charge is -2.06. The van der Waals surface area contributed by atoms with E-state index in [1.54, 1.807) is 18.4 Å². The lowest BCUT2D eigenvalue weighted by atomic mass is 10.1. The van der Waals surface area contributed by atoms with Gasteiger partial charge in [-0.25, -0.2) is 0 Å². The summed E-state index contributed by atoms with van der Waals surface area (Å²) in [6.07, 6.45) is 2.53. The monoisotopic (exact) mass is 332 g/mol. The molecule has 1 aromatic carbocycles. The van der Waals surface area contributed by atoms with Crippen LogP contribution in [0.2, 0.25) is 0 Å². The number of amides is 2. The maximum Gasteiger partial charge on any atom is 0.234 e. The molecule has 5 nitrogen and oxygen atoms in total. The van der Waals surface area contributed by atoms with Gasteiger partial charge in [-0.2, -0.15) is 0 Å². The van der Waals surface area contributed by atoms with E-state index in [4.69, 9.17) is 4.42 Å². The largest absolute Gasteiger partial charge is 0.467 e. The summed E-state index contributed by atoms with van der Waals surface area (Å²) in [5.74, 6) is 0.952. The van der Waals surface area contributed by atoms with Crippen molar-refractivity contribution in [2.24, 2.45) is 0 Å². The van der Waals surface area contributed by atoms with Gasteiger partial charge in [-0.15, -0.1) is 11.8 Å². The normalized spacial score (nSPS) is 10.3. The standard InChI is InChI=1S/C17H20N2O3S/c1-2-13-5-7-14(8-6-13)19-17(21)12-23-11-16(20)18-10-15-4-3-9-22-15/h3-9H,2,10-12H2,1H3,(H,18,20)(H,19,21). The van der Waals surface area contributed by atoms with E-state index in [9.17, 15) is 9.59 Å². The van der Waals surface area contributed by atoms with Crippen molar-refractivity contribution in [2.75, 3.05) is 16.8 Å². The van der Waals surface area contributed by atoms with Gasteiger partial charge in [0.25, 0.3) is 0 Å². The molecule has 0 bridgehead atoms. The second-order valence-electron chi connectivity index (χ2n) is 4.95. The van der Waals surface area contributed by atoms with Gasteiger partial charge in [0.05, 0.1) is 24.3 Å². The smallest absolute Gasteiger partial charge is 0.234 e. The number of hydrogen-bond donors (Lipinski definition) is 2. The fourth-order valence-corrected chi connectivity index (χ4v) is 2.55. The minimum Gasteiger partial charge on any atom is -0.467 e. The van der Waals surface area contributed by atoms with E-state index < -0.39 is 0 Å². The molecule has 2 N–H and O–H groups in total. The summed E-state index contributed by atoms with van der Waals surface area (Å²) >= 11 is 1.28. The molecular formula is C17H20N2O3S. The minimum absolute atomic E-state index is 0.113. The van der Waals surface area contributed by atoms with Crippen molar-refractivity contribution in [3.05, 3.63) is 54.0 Å². The van der Waals surface area contributed by atoms with Crippen LogP contribution in [0.15, 0.2) is 47.1 Å². The zero-order valence-corrected chi connectivity index (χ0v) is 13.8. The summed E-state index contributed by atoms with van der Waals surface area (Å²) in [6.45, 7) is 2.45. The molecule has 1 heterocycles. The SMILES string of the molecule is CCc1ccc(NC(=O)CSCC(=O)NCc2ccco2)cc1. The van der Waals surface area contributed by atoms with Gasteiger partial charge >= 0.3 is 0 Å². The van der Waals surface area contributed by atoms with E-state index in [0.717, 1.165) is 12.1 Å². The number of furan rings is 1. The van der Waals surface area contributed by atoms with Crippen molar-refractivity contribution in [1.29, 1.82) is 0 Å². The van der Waals surface area contributed by atoms with Crippen molar-refractivity contribution >= 4 is 29.3 Å². The Hall–Kier alpha value is -2.21. The summed E-state index contributed by atoms with van der Waals surface area (Å²) in [6, 6.07) is 11.3. The van der Waals surface area contributed by atoms with Crippen LogP contribution in [0, 0.1) is 0 Å². The number of hydrogen-bond acceptors (Lipinski definition) is 4. The predicted molar refractivity (Wildman–Crippen MR) is 92.3 cm³/mol. The van der Waals surface area contributed by atoms with E-state index in [-0.39, 0.29) is 23.3 Å². The van der Waals surface area contributed by atoms with Gasteiger partial charge in [-0.3, -0.25) is 9.59 Å². The summed E-state index contributed by atoms with van der Waals surface area (Å²) in [7, 11) is 0. The summed E-state index contributed by atoms with van der Waals surface area (Å²) in [5.41, 5.74) is 2.00. The molecule has 0 unspecified atom stereocenters. The molecule has 0 aliphatic rings. The maximum atomic E-state index is 11.8. The lowest BCUT2D eigenvalue weighted by Crippen LogP contribution is -2.25. The van der Waals surface area contributed by atoms with E-state index in [0.29, 0.717) is 12.3 Å². The van der Waals surface area contributed by atoms with Crippen LogP contribution in [0.4, 0.5) is 5.69 Å². The molecule has 2 rings (SSSR count). The van der Waals surface area contributed by atoms with Crippen LogP contribution in [0.25, 0.3) is 0 Å². The second kappa shape index (κ2) is 9.05. The molecular weight excluding hydrogens is 312 g/mol. The Bertz CT molecular complexity index is 624. The summed E-state index contributed by atoms with van der Waals surface area (Å²) in [5, 5.41) is 5.55. The number of benzene rings is 1. The fraction of sp³-hybridized carbons (Fsp3) is 0.294. The average Bonchev–Trinajstić information content (AvgIpc) is 3.07. The average molecular weight is 332 g/mol. The predicted octanol–water partition coefficient (Wildman–Crippen LogP) is 2.83. The molecule has 2 amide bonds. The van der Waals surface area contributed by atoms with Crippen molar-refractivity contribution in [2.45, 2.75) is 19.9 Å². The molecule has 0 atom stereocenters. The highest BCUT2D eigenvalue weighted by molar-refractivity contribution is 8.00. The number of rotatable bonds is 8. The van der Waals surface area contributed by atoms with Crippen molar-refractivity contribution < 1.29 is 14.0 Å². The van der Waals surface area contributed by atoms with Gasteiger partial charge in [0.2, 0.25) is 11.8 Å². The van der Waals surface area contributed by atoms with Crippen molar-refractivity contribution in [1.82, 2.24) is 5.32 Å². The van der Waals surface area contributed by atoms with Gasteiger partial charge in [-0.1, -0.05) is 19.1 Å². The van der Waals surface area contributed by atoms with Crippen LogP contribution in [0.5, 0.6) is 0 Å². The van der Waals surface area contributed by atoms with Crippen molar-refractivity contribution in [3.8, 4) is 0 Å². The van der Waals surface area contributed by atoms with Gasteiger partial charge in [0.15, 0.2) is 0 Å². The van der Waals surface area contributed by atoms with E-state index in [1.807, 2.05) is 24.3 Å². The Morgan fingerprint density at radius 3 is 2.48 bits per heavy atom. The first-order valence-corrected chi connectivity index (χ1v) is 8.58. The number of thioether (sulfide) groups is 1. The van der Waals surface area contributed by atoms with Gasteiger partial charge in [-0.05, 0) is 36.2 Å². The number of nitrogens with one attached hydrogen (secondary N) is 2. The Morgan fingerprint density at radius 1 is 1.09 bits per heavy atom. The third-order valence-corrected chi connectivity index (χ3v) is 4.08. The Balaban J connectivity index is 1.62. The molecule has 0 fully saturated rings. The molecule has 0 saturated carbocycles. The van der Waals surface area contributed by atoms with Crippen LogP contribution in [-0.4, -0.2) is 23.3 Å². The second-order valence-corrected chi connectivity index (χ2v) is 5.93. The molecule has 0 saturated heterocycles. The maximum absolute atomic E-state index is 11.8. The third kappa shape index (κ3) is 6.20. The molecule has 0 radical (unpaired) electrons. The molecule has 0 spiro atoms. The van der Waals surface area contributed by atoms with E-state index in [1.165, 1.54) is 17.3 Å². The third-order valence-electron chi connectivity index (χ3n) is 3.15. The molecule has 23 heavy (non-hydrogen) atoms.